The number of fused-ring (bicyclic) bond motifs is 2. The highest BCUT2D eigenvalue weighted by atomic mass is 35.5. The standard InChI is InChI=1S/C17H19ClN2O2.C12H11ClN2/c1-16(2,3)22-15(21)20-10-12-9-17(12,11-20)8-7-13-5-4-6-14(18)19-13;13-11-3-1-2-10(15-11)4-5-12-6-9(12)7-14-8-12/h4-6,12H,9-11H2,1-3H3;1-3,9,14H,6-8H2. The van der Waals surface area contributed by atoms with Crippen molar-refractivity contribution in [1.29, 1.82) is 0 Å². The van der Waals surface area contributed by atoms with Gasteiger partial charge in [0.25, 0.3) is 0 Å². The van der Waals surface area contributed by atoms with E-state index in [2.05, 4.69) is 39.0 Å². The number of pyridine rings is 2. The molecule has 0 radical (unpaired) electrons. The molecule has 1 N–H and O–H groups in total. The Hall–Kier alpha value is -2.77. The van der Waals surface area contributed by atoms with Crippen LogP contribution in [0.25, 0.3) is 0 Å². The maximum Gasteiger partial charge on any atom is 0.410 e. The monoisotopic (exact) mass is 536 g/mol. The van der Waals surface area contributed by atoms with Crippen LogP contribution in [0, 0.1) is 46.3 Å². The van der Waals surface area contributed by atoms with Gasteiger partial charge in [0.1, 0.15) is 27.3 Å². The summed E-state index contributed by atoms with van der Waals surface area (Å²) in [6.45, 7) is 9.15. The number of ether oxygens (including phenoxy) is 1. The van der Waals surface area contributed by atoms with E-state index in [-0.39, 0.29) is 16.9 Å². The number of hydrogen-bond acceptors (Lipinski definition) is 5. The molecule has 2 aromatic heterocycles. The Morgan fingerprint density at radius 2 is 1.59 bits per heavy atom. The first-order valence-electron chi connectivity index (χ1n) is 12.6. The van der Waals surface area contributed by atoms with Crippen molar-refractivity contribution in [3.8, 4) is 23.7 Å². The van der Waals surface area contributed by atoms with Crippen molar-refractivity contribution in [2.75, 3.05) is 26.2 Å². The van der Waals surface area contributed by atoms with E-state index in [9.17, 15) is 4.79 Å². The maximum atomic E-state index is 12.1. The third-order valence-corrected chi connectivity index (χ3v) is 7.59. The summed E-state index contributed by atoms with van der Waals surface area (Å²) in [6.07, 6.45) is 2.04. The Morgan fingerprint density at radius 3 is 2.11 bits per heavy atom. The molecule has 6 rings (SSSR count). The van der Waals surface area contributed by atoms with Gasteiger partial charge in [0, 0.05) is 25.0 Å². The molecule has 0 spiro atoms. The zero-order valence-corrected chi connectivity index (χ0v) is 22.8. The summed E-state index contributed by atoms with van der Waals surface area (Å²) in [7, 11) is 0. The predicted molar refractivity (Wildman–Crippen MR) is 144 cm³/mol. The van der Waals surface area contributed by atoms with Crippen LogP contribution in [0.3, 0.4) is 0 Å². The minimum atomic E-state index is -0.465. The number of carbonyl (C=O) groups excluding carboxylic acids is 1. The van der Waals surface area contributed by atoms with E-state index in [0.717, 1.165) is 37.7 Å². The highest BCUT2D eigenvalue weighted by Crippen LogP contribution is 2.57. The van der Waals surface area contributed by atoms with Crippen LogP contribution < -0.4 is 5.32 Å². The number of hydrogen-bond donors (Lipinski definition) is 1. The van der Waals surface area contributed by atoms with Crippen LogP contribution in [0.4, 0.5) is 4.79 Å². The fraction of sp³-hybridized carbons (Fsp3) is 0.483. The number of rotatable bonds is 0. The summed E-state index contributed by atoms with van der Waals surface area (Å²) in [4.78, 5) is 22.2. The molecule has 0 bridgehead atoms. The highest BCUT2D eigenvalue weighted by Gasteiger charge is 2.60. The number of carbonyl (C=O) groups is 1. The first-order chi connectivity index (χ1) is 17.6. The molecule has 4 atom stereocenters. The summed E-state index contributed by atoms with van der Waals surface area (Å²) >= 11 is 11.7. The lowest BCUT2D eigenvalue weighted by molar-refractivity contribution is 0.0268. The van der Waals surface area contributed by atoms with E-state index in [4.69, 9.17) is 27.9 Å². The smallest absolute Gasteiger partial charge is 0.410 e. The molecule has 2 saturated carbocycles. The van der Waals surface area contributed by atoms with Crippen molar-refractivity contribution < 1.29 is 9.53 Å². The van der Waals surface area contributed by atoms with Gasteiger partial charge >= 0.3 is 6.09 Å². The van der Waals surface area contributed by atoms with Crippen LogP contribution in [-0.4, -0.2) is 52.7 Å². The Bertz CT molecular complexity index is 1330. The normalized spacial score (nSPS) is 28.3. The molecule has 4 aliphatic rings. The number of nitrogens with one attached hydrogen (secondary N) is 1. The van der Waals surface area contributed by atoms with Crippen LogP contribution in [0.15, 0.2) is 36.4 Å². The lowest BCUT2D eigenvalue weighted by atomic mass is 10.1. The fourth-order valence-electron chi connectivity index (χ4n) is 5.01. The SMILES string of the molecule is CC(C)(C)OC(=O)N1CC2CC2(C#Cc2cccc(Cl)n2)C1.Clc1cccc(C#CC23CNCC2C3)n1. The van der Waals surface area contributed by atoms with E-state index in [1.165, 1.54) is 6.42 Å². The van der Waals surface area contributed by atoms with Crippen molar-refractivity contribution in [1.82, 2.24) is 20.2 Å². The van der Waals surface area contributed by atoms with E-state index in [1.54, 1.807) is 17.0 Å². The first kappa shape index (κ1) is 25.9. The molecule has 37 heavy (non-hydrogen) atoms. The summed E-state index contributed by atoms with van der Waals surface area (Å²) in [6, 6.07) is 11.0. The van der Waals surface area contributed by atoms with Crippen LogP contribution in [-0.2, 0) is 4.74 Å². The minimum Gasteiger partial charge on any atom is -0.444 e. The molecule has 4 heterocycles. The van der Waals surface area contributed by atoms with Gasteiger partial charge in [-0.05, 0) is 88.1 Å². The molecule has 6 nitrogen and oxygen atoms in total. The third-order valence-electron chi connectivity index (χ3n) is 7.17. The predicted octanol–water partition coefficient (Wildman–Crippen LogP) is 5.04. The number of likely N-dealkylation sites (tertiary alicyclic amines) is 1. The molecule has 2 aliphatic carbocycles. The number of halogens is 2. The quantitative estimate of drug-likeness (QED) is 0.377. The van der Waals surface area contributed by atoms with Crippen LogP contribution in [0.2, 0.25) is 10.3 Å². The van der Waals surface area contributed by atoms with E-state index < -0.39 is 5.60 Å². The van der Waals surface area contributed by atoms with Gasteiger partial charge in [0.05, 0.1) is 5.41 Å². The fourth-order valence-corrected chi connectivity index (χ4v) is 5.33. The first-order valence-corrected chi connectivity index (χ1v) is 13.3. The largest absolute Gasteiger partial charge is 0.444 e. The molecule has 2 aromatic rings. The Kier molecular flexibility index (Phi) is 6.88. The molecule has 4 fully saturated rings. The highest BCUT2D eigenvalue weighted by molar-refractivity contribution is 6.29. The van der Waals surface area contributed by atoms with Gasteiger partial charge < -0.3 is 15.0 Å². The van der Waals surface area contributed by atoms with E-state index in [1.807, 2.05) is 45.0 Å². The van der Waals surface area contributed by atoms with Crippen molar-refractivity contribution in [3.05, 3.63) is 58.1 Å². The number of nitrogens with zero attached hydrogens (tertiary/aromatic N) is 3. The average molecular weight is 537 g/mol. The second-order valence-electron chi connectivity index (χ2n) is 11.3. The summed E-state index contributed by atoms with van der Waals surface area (Å²) in [5, 5.41) is 4.31. The molecular formula is C29H30Cl2N4O2. The molecule has 2 aliphatic heterocycles. The van der Waals surface area contributed by atoms with Gasteiger partial charge in [-0.25, -0.2) is 14.8 Å². The number of aromatic nitrogens is 2. The summed E-state index contributed by atoms with van der Waals surface area (Å²) in [5.41, 5.74) is 1.15. The Labute approximate surface area is 228 Å². The van der Waals surface area contributed by atoms with E-state index >= 15 is 0 Å². The zero-order valence-electron chi connectivity index (χ0n) is 21.3. The van der Waals surface area contributed by atoms with Gasteiger partial charge in [-0.15, -0.1) is 0 Å². The van der Waals surface area contributed by atoms with Gasteiger partial charge in [-0.1, -0.05) is 47.2 Å². The minimum absolute atomic E-state index is 0.0824. The van der Waals surface area contributed by atoms with Gasteiger partial charge in [0.2, 0.25) is 0 Å². The Morgan fingerprint density at radius 1 is 1.00 bits per heavy atom. The lowest BCUT2D eigenvalue weighted by Crippen LogP contribution is -2.37. The third kappa shape index (κ3) is 6.21. The molecule has 4 unspecified atom stereocenters. The van der Waals surface area contributed by atoms with Crippen molar-refractivity contribution in [2.45, 2.75) is 39.2 Å². The summed E-state index contributed by atoms with van der Waals surface area (Å²) in [5.74, 6) is 14.1. The molecule has 192 valence electrons. The van der Waals surface area contributed by atoms with Gasteiger partial charge in [0.15, 0.2) is 0 Å². The lowest BCUT2D eigenvalue weighted by Gasteiger charge is -2.25. The molecular weight excluding hydrogens is 507 g/mol. The maximum absolute atomic E-state index is 12.1. The van der Waals surface area contributed by atoms with Crippen molar-refractivity contribution >= 4 is 29.3 Å². The molecule has 2 saturated heterocycles. The van der Waals surface area contributed by atoms with Crippen molar-refractivity contribution in [3.63, 3.8) is 0 Å². The molecule has 8 heteroatoms. The van der Waals surface area contributed by atoms with Gasteiger partial charge in [-0.3, -0.25) is 0 Å². The zero-order chi connectivity index (χ0) is 26.3. The number of piperidine rings is 2. The molecule has 0 aromatic carbocycles. The van der Waals surface area contributed by atoms with Gasteiger partial charge in [-0.2, -0.15) is 0 Å². The topological polar surface area (TPSA) is 67.3 Å². The van der Waals surface area contributed by atoms with Crippen LogP contribution >= 0.6 is 23.2 Å². The van der Waals surface area contributed by atoms with Crippen LogP contribution in [0.1, 0.15) is 45.0 Å². The van der Waals surface area contributed by atoms with Crippen LogP contribution in [0.5, 0.6) is 0 Å². The second-order valence-corrected chi connectivity index (χ2v) is 12.1. The second kappa shape index (κ2) is 9.84. The van der Waals surface area contributed by atoms with E-state index in [0.29, 0.717) is 28.5 Å². The molecule has 1 amide bonds. The average Bonchev–Trinajstić information content (AvgIpc) is 3.61. The van der Waals surface area contributed by atoms with Crippen molar-refractivity contribution in [2.24, 2.45) is 22.7 Å². The Balaban J connectivity index is 0.000000162. The number of amides is 1. The summed E-state index contributed by atoms with van der Waals surface area (Å²) < 4.78 is 5.42.